The molecule has 6 nitrogen and oxygen atoms in total. The van der Waals surface area contributed by atoms with E-state index in [1.54, 1.807) is 37.4 Å². The summed E-state index contributed by atoms with van der Waals surface area (Å²) in [5.41, 5.74) is 7.51. The minimum atomic E-state index is -0.437. The summed E-state index contributed by atoms with van der Waals surface area (Å²) in [6, 6.07) is 12.5. The number of benzene rings is 2. The van der Waals surface area contributed by atoms with Gasteiger partial charge >= 0.3 is 0 Å². The third kappa shape index (κ3) is 4.12. The van der Waals surface area contributed by atoms with Crippen LogP contribution in [-0.4, -0.2) is 28.2 Å². The average molecular weight is 375 g/mol. The van der Waals surface area contributed by atoms with E-state index in [1.165, 1.54) is 11.8 Å². The number of hydrogen-bond acceptors (Lipinski definition) is 5. The molecule has 0 aliphatic carbocycles. The number of nitrogens with zero attached hydrogens (tertiary/aromatic N) is 2. The first-order valence-electron chi connectivity index (χ1n) is 7.34. The summed E-state index contributed by atoms with van der Waals surface area (Å²) in [5, 5.41) is 8.32. The largest absolute Gasteiger partial charge is 0.496 e. The Morgan fingerprint density at radius 1 is 1.28 bits per heavy atom. The maximum Gasteiger partial charge on any atom is 0.248 e. The van der Waals surface area contributed by atoms with Crippen molar-refractivity contribution in [1.29, 1.82) is 0 Å². The number of rotatable bonds is 6. The molecule has 0 bridgehead atoms. The minimum Gasteiger partial charge on any atom is -0.496 e. The Hall–Kier alpha value is -2.51. The fourth-order valence-corrected chi connectivity index (χ4v) is 3.14. The molecule has 0 aliphatic heterocycles. The molecular formula is C17H15ClN4O2S. The van der Waals surface area contributed by atoms with Crippen LogP contribution in [0.5, 0.6) is 5.75 Å². The summed E-state index contributed by atoms with van der Waals surface area (Å²) in [7, 11) is 1.59. The van der Waals surface area contributed by atoms with E-state index >= 15 is 0 Å². The fraction of sp³-hybridized carbons (Fsp3) is 0.118. The first-order chi connectivity index (χ1) is 12.1. The summed E-state index contributed by atoms with van der Waals surface area (Å²) in [6.45, 7) is 0. The highest BCUT2D eigenvalue weighted by molar-refractivity contribution is 7.98. The molecule has 1 amide bonds. The number of H-pyrrole nitrogens is 1. The number of ether oxygens (including phenoxy) is 1. The highest BCUT2D eigenvalue weighted by Crippen LogP contribution is 2.31. The molecule has 0 saturated carbocycles. The van der Waals surface area contributed by atoms with Crippen LogP contribution in [0.2, 0.25) is 5.02 Å². The lowest BCUT2D eigenvalue weighted by atomic mass is 10.1. The number of amides is 1. The van der Waals surface area contributed by atoms with Gasteiger partial charge in [0.15, 0.2) is 5.82 Å². The summed E-state index contributed by atoms with van der Waals surface area (Å²) in [6.07, 6.45) is 0. The Balaban J connectivity index is 1.72. The summed E-state index contributed by atoms with van der Waals surface area (Å²) in [4.78, 5) is 15.6. The third-order valence-corrected chi connectivity index (χ3v) is 4.64. The minimum absolute atomic E-state index is 0.437. The maximum absolute atomic E-state index is 11.1. The number of thioether (sulfide) groups is 1. The molecule has 0 unspecified atom stereocenters. The van der Waals surface area contributed by atoms with E-state index in [1.807, 2.05) is 12.1 Å². The summed E-state index contributed by atoms with van der Waals surface area (Å²) < 4.78 is 5.33. The molecule has 1 heterocycles. The number of primary amides is 1. The summed E-state index contributed by atoms with van der Waals surface area (Å²) >= 11 is 7.53. The zero-order valence-electron chi connectivity index (χ0n) is 13.3. The van der Waals surface area contributed by atoms with Crippen LogP contribution >= 0.6 is 23.4 Å². The van der Waals surface area contributed by atoms with Gasteiger partial charge < -0.3 is 10.5 Å². The van der Waals surface area contributed by atoms with Crippen molar-refractivity contribution in [3.63, 3.8) is 0 Å². The van der Waals surface area contributed by atoms with Crippen molar-refractivity contribution in [2.75, 3.05) is 7.11 Å². The Bertz CT molecular complexity index is 896. The molecule has 128 valence electrons. The van der Waals surface area contributed by atoms with Gasteiger partial charge in [-0.1, -0.05) is 35.5 Å². The molecule has 0 fully saturated rings. The van der Waals surface area contributed by atoms with Crippen LogP contribution < -0.4 is 10.5 Å². The van der Waals surface area contributed by atoms with Gasteiger partial charge in [-0.25, -0.2) is 4.98 Å². The SMILES string of the molecule is COc1ccc(Cl)cc1-c1nc(SCc2ccc(C(N)=O)cc2)n[nH]1. The van der Waals surface area contributed by atoms with Crippen molar-refractivity contribution in [1.82, 2.24) is 15.2 Å². The van der Waals surface area contributed by atoms with Gasteiger partial charge in [-0.15, -0.1) is 5.10 Å². The lowest BCUT2D eigenvalue weighted by molar-refractivity contribution is 0.100. The molecule has 3 aromatic rings. The second kappa shape index (κ2) is 7.58. The molecule has 2 aromatic carbocycles. The number of nitrogens with two attached hydrogens (primary N) is 1. The van der Waals surface area contributed by atoms with Gasteiger partial charge in [0.1, 0.15) is 5.75 Å². The highest BCUT2D eigenvalue weighted by atomic mass is 35.5. The molecule has 25 heavy (non-hydrogen) atoms. The van der Waals surface area contributed by atoms with Gasteiger partial charge in [0.25, 0.3) is 0 Å². The van der Waals surface area contributed by atoms with E-state index in [0.29, 0.717) is 33.1 Å². The lowest BCUT2D eigenvalue weighted by Gasteiger charge is -2.05. The van der Waals surface area contributed by atoms with Gasteiger partial charge in [-0.05, 0) is 35.9 Å². The van der Waals surface area contributed by atoms with E-state index in [-0.39, 0.29) is 0 Å². The molecule has 0 spiro atoms. The van der Waals surface area contributed by atoms with Crippen molar-refractivity contribution >= 4 is 29.3 Å². The predicted molar refractivity (Wildman–Crippen MR) is 97.9 cm³/mol. The quantitative estimate of drug-likeness (QED) is 0.644. The molecule has 0 aliphatic rings. The molecule has 3 N–H and O–H groups in total. The number of aromatic amines is 1. The monoisotopic (exact) mass is 374 g/mol. The molecular weight excluding hydrogens is 360 g/mol. The third-order valence-electron chi connectivity index (χ3n) is 3.49. The number of halogens is 1. The van der Waals surface area contributed by atoms with Crippen molar-refractivity contribution < 1.29 is 9.53 Å². The van der Waals surface area contributed by atoms with Crippen LogP contribution in [0.4, 0.5) is 0 Å². The number of hydrogen-bond donors (Lipinski definition) is 2. The smallest absolute Gasteiger partial charge is 0.248 e. The van der Waals surface area contributed by atoms with Crippen molar-refractivity contribution in [3.05, 3.63) is 58.6 Å². The fourth-order valence-electron chi connectivity index (χ4n) is 2.21. The molecule has 0 atom stereocenters. The Morgan fingerprint density at radius 2 is 2.04 bits per heavy atom. The second-order valence-corrected chi connectivity index (χ2v) is 6.54. The van der Waals surface area contributed by atoms with Gasteiger partial charge in [-0.3, -0.25) is 9.89 Å². The molecule has 0 radical (unpaired) electrons. The van der Waals surface area contributed by atoms with Crippen LogP contribution in [0.3, 0.4) is 0 Å². The normalized spacial score (nSPS) is 10.6. The Labute approximate surface area is 153 Å². The van der Waals surface area contributed by atoms with Crippen molar-refractivity contribution in [2.24, 2.45) is 5.73 Å². The maximum atomic E-state index is 11.1. The number of carbonyl (C=O) groups is 1. The lowest BCUT2D eigenvalue weighted by Crippen LogP contribution is -2.10. The van der Waals surface area contributed by atoms with E-state index in [4.69, 9.17) is 22.1 Å². The topological polar surface area (TPSA) is 93.9 Å². The molecule has 1 aromatic heterocycles. The van der Waals surface area contributed by atoms with Crippen LogP contribution in [0, 0.1) is 0 Å². The standard InChI is InChI=1S/C17H15ClN4O2S/c1-24-14-7-6-12(18)8-13(14)16-20-17(22-21-16)25-9-10-2-4-11(5-3-10)15(19)23/h2-8H,9H2,1H3,(H2,19,23)(H,20,21,22). The average Bonchev–Trinajstić information content (AvgIpc) is 3.09. The zero-order chi connectivity index (χ0) is 17.8. The van der Waals surface area contributed by atoms with Crippen molar-refractivity contribution in [3.8, 4) is 17.1 Å². The number of nitrogens with one attached hydrogen (secondary N) is 1. The van der Waals surface area contributed by atoms with Crippen molar-refractivity contribution in [2.45, 2.75) is 10.9 Å². The molecule has 0 saturated heterocycles. The van der Waals surface area contributed by atoms with Gasteiger partial charge in [-0.2, -0.15) is 0 Å². The van der Waals surface area contributed by atoms with E-state index in [9.17, 15) is 4.79 Å². The second-order valence-electron chi connectivity index (χ2n) is 5.16. The van der Waals surface area contributed by atoms with E-state index < -0.39 is 5.91 Å². The first kappa shape index (κ1) is 17.3. The predicted octanol–water partition coefficient (Wildman–Crippen LogP) is 3.52. The van der Waals surface area contributed by atoms with Gasteiger partial charge in [0.2, 0.25) is 11.1 Å². The number of methoxy groups -OCH3 is 1. The van der Waals surface area contributed by atoms with E-state index in [2.05, 4.69) is 15.2 Å². The highest BCUT2D eigenvalue weighted by Gasteiger charge is 2.12. The van der Waals surface area contributed by atoms with E-state index in [0.717, 1.165) is 11.1 Å². The zero-order valence-corrected chi connectivity index (χ0v) is 14.9. The van der Waals surface area contributed by atoms with Crippen LogP contribution in [-0.2, 0) is 5.75 Å². The Morgan fingerprint density at radius 3 is 2.72 bits per heavy atom. The van der Waals surface area contributed by atoms with Gasteiger partial charge in [0.05, 0.1) is 12.7 Å². The van der Waals surface area contributed by atoms with Crippen LogP contribution in [0.15, 0.2) is 47.6 Å². The van der Waals surface area contributed by atoms with Crippen LogP contribution in [0.25, 0.3) is 11.4 Å². The number of aromatic nitrogens is 3. The first-order valence-corrected chi connectivity index (χ1v) is 8.71. The summed E-state index contributed by atoms with van der Waals surface area (Å²) in [5.74, 6) is 1.49. The molecule has 3 rings (SSSR count). The van der Waals surface area contributed by atoms with Gasteiger partial charge in [0, 0.05) is 16.3 Å². The molecule has 8 heteroatoms. The van der Waals surface area contributed by atoms with Crippen LogP contribution in [0.1, 0.15) is 15.9 Å². The Kier molecular flexibility index (Phi) is 5.25. The number of carbonyl (C=O) groups excluding carboxylic acids is 1.